The molecule has 0 aliphatic carbocycles. The molecule has 7 heteroatoms. The van der Waals surface area contributed by atoms with Crippen molar-refractivity contribution in [3.8, 4) is 0 Å². The summed E-state index contributed by atoms with van der Waals surface area (Å²) >= 11 is 5.63. The minimum Gasteiger partial charge on any atom is -0.478 e. The first-order valence-corrected chi connectivity index (χ1v) is 5.56. The van der Waals surface area contributed by atoms with E-state index in [1.54, 1.807) is 0 Å². The van der Waals surface area contributed by atoms with Crippen LogP contribution in [-0.2, 0) is 0 Å². The maximum absolute atomic E-state index is 13.6. The zero-order chi connectivity index (χ0) is 14.0. The molecule has 1 aromatic heterocycles. The van der Waals surface area contributed by atoms with Gasteiger partial charge in [-0.15, -0.1) is 0 Å². The van der Waals surface area contributed by atoms with E-state index in [1.165, 1.54) is 24.4 Å². The van der Waals surface area contributed by atoms with Crippen LogP contribution in [0.4, 0.5) is 21.6 Å². The number of nitrogens with zero attached hydrogens (tertiary/aromatic N) is 1. The molecule has 1 heterocycles. The summed E-state index contributed by atoms with van der Waals surface area (Å²) < 4.78 is 13.6. The van der Waals surface area contributed by atoms with Crippen molar-refractivity contribution in [3.63, 3.8) is 0 Å². The number of nitrogens with one attached hydrogen (secondary N) is 1. The second kappa shape index (κ2) is 5.11. The Labute approximate surface area is 112 Å². The average molecular weight is 282 g/mol. The van der Waals surface area contributed by atoms with Crippen LogP contribution >= 0.6 is 11.6 Å². The van der Waals surface area contributed by atoms with E-state index in [-0.39, 0.29) is 27.8 Å². The molecule has 0 aliphatic rings. The van der Waals surface area contributed by atoms with Crippen LogP contribution in [0.2, 0.25) is 5.02 Å². The monoisotopic (exact) mass is 281 g/mol. The molecule has 0 saturated heterocycles. The highest BCUT2D eigenvalue weighted by molar-refractivity contribution is 6.30. The number of benzene rings is 1. The van der Waals surface area contributed by atoms with Gasteiger partial charge in [-0.1, -0.05) is 11.6 Å². The topological polar surface area (TPSA) is 88.2 Å². The molecule has 1 aromatic carbocycles. The molecule has 2 aromatic rings. The molecule has 0 aliphatic heterocycles. The van der Waals surface area contributed by atoms with Crippen LogP contribution in [0.25, 0.3) is 0 Å². The largest absolute Gasteiger partial charge is 0.478 e. The summed E-state index contributed by atoms with van der Waals surface area (Å²) in [5.41, 5.74) is 5.60. The lowest BCUT2D eigenvalue weighted by atomic mass is 10.2. The van der Waals surface area contributed by atoms with E-state index in [1.807, 2.05) is 0 Å². The molecule has 0 atom stereocenters. The summed E-state index contributed by atoms with van der Waals surface area (Å²) in [5, 5.41) is 11.9. The first-order chi connectivity index (χ1) is 8.97. The fourth-order valence-corrected chi connectivity index (χ4v) is 1.62. The molecule has 0 radical (unpaired) electrons. The Morgan fingerprint density at radius 3 is 2.79 bits per heavy atom. The number of pyridine rings is 1. The number of halogens is 2. The average Bonchev–Trinajstić information content (AvgIpc) is 2.34. The molecule has 4 N–H and O–H groups in total. The Morgan fingerprint density at radius 2 is 2.16 bits per heavy atom. The number of carboxylic acid groups (broad SMARTS) is 1. The first kappa shape index (κ1) is 13.1. The molecule has 2 rings (SSSR count). The highest BCUT2D eigenvalue weighted by atomic mass is 35.5. The van der Waals surface area contributed by atoms with Crippen LogP contribution < -0.4 is 11.1 Å². The highest BCUT2D eigenvalue weighted by Crippen LogP contribution is 2.24. The zero-order valence-corrected chi connectivity index (χ0v) is 10.3. The van der Waals surface area contributed by atoms with Gasteiger partial charge in [-0.05, 0) is 24.3 Å². The fourth-order valence-electron chi connectivity index (χ4n) is 1.46. The molecular formula is C12H9ClFN3O2. The van der Waals surface area contributed by atoms with Crippen molar-refractivity contribution in [1.29, 1.82) is 0 Å². The van der Waals surface area contributed by atoms with Gasteiger partial charge in [-0.3, -0.25) is 0 Å². The van der Waals surface area contributed by atoms with Gasteiger partial charge in [0.1, 0.15) is 17.2 Å². The minimum absolute atomic E-state index is 0.00271. The lowest BCUT2D eigenvalue weighted by Crippen LogP contribution is -2.06. The molecular weight excluding hydrogens is 273 g/mol. The Kier molecular flexibility index (Phi) is 3.52. The van der Waals surface area contributed by atoms with E-state index in [0.29, 0.717) is 0 Å². The second-order valence-electron chi connectivity index (χ2n) is 3.72. The van der Waals surface area contributed by atoms with E-state index in [2.05, 4.69) is 10.3 Å². The second-order valence-corrected chi connectivity index (χ2v) is 4.16. The van der Waals surface area contributed by atoms with Crippen molar-refractivity contribution in [3.05, 3.63) is 46.9 Å². The third-order valence-corrected chi connectivity index (χ3v) is 2.56. The minimum atomic E-state index is -1.21. The fraction of sp³-hybridized carbons (Fsp3) is 0. The summed E-state index contributed by atoms with van der Waals surface area (Å²) in [5.74, 6) is -1.82. The molecule has 0 unspecified atom stereocenters. The lowest BCUT2D eigenvalue weighted by molar-refractivity contribution is 0.0697. The van der Waals surface area contributed by atoms with Crippen LogP contribution in [0.3, 0.4) is 0 Å². The predicted octanol–water partition coefficient (Wildman–Crippen LogP) is 2.90. The lowest BCUT2D eigenvalue weighted by Gasteiger charge is -2.10. The normalized spacial score (nSPS) is 10.2. The first-order valence-electron chi connectivity index (χ1n) is 5.18. The number of carbonyl (C=O) groups is 1. The zero-order valence-electron chi connectivity index (χ0n) is 9.52. The summed E-state index contributed by atoms with van der Waals surface area (Å²) in [6.45, 7) is 0. The predicted molar refractivity (Wildman–Crippen MR) is 70.3 cm³/mol. The molecule has 0 amide bonds. The van der Waals surface area contributed by atoms with Gasteiger partial charge in [0.15, 0.2) is 0 Å². The highest BCUT2D eigenvalue weighted by Gasteiger charge is 2.13. The number of carboxylic acids is 1. The molecule has 0 saturated carbocycles. The van der Waals surface area contributed by atoms with E-state index < -0.39 is 11.8 Å². The van der Waals surface area contributed by atoms with Gasteiger partial charge < -0.3 is 16.2 Å². The summed E-state index contributed by atoms with van der Waals surface area (Å²) in [7, 11) is 0. The van der Waals surface area contributed by atoms with Gasteiger partial charge in [0.2, 0.25) is 0 Å². The van der Waals surface area contributed by atoms with Gasteiger partial charge in [-0.25, -0.2) is 14.2 Å². The number of hydrogen-bond donors (Lipinski definition) is 3. The Morgan fingerprint density at radius 1 is 1.42 bits per heavy atom. The van der Waals surface area contributed by atoms with Gasteiger partial charge in [0.25, 0.3) is 0 Å². The maximum atomic E-state index is 13.6. The number of nitrogens with two attached hydrogens (primary N) is 1. The Balaban J connectivity index is 2.40. The quantitative estimate of drug-likeness (QED) is 0.805. The van der Waals surface area contributed by atoms with Gasteiger partial charge in [-0.2, -0.15) is 0 Å². The van der Waals surface area contributed by atoms with Gasteiger partial charge >= 0.3 is 5.97 Å². The Bertz CT molecular complexity index is 649. The number of anilines is 3. The van der Waals surface area contributed by atoms with Crippen molar-refractivity contribution in [2.24, 2.45) is 0 Å². The number of rotatable bonds is 3. The van der Waals surface area contributed by atoms with E-state index in [4.69, 9.17) is 22.4 Å². The number of aromatic nitrogens is 1. The van der Waals surface area contributed by atoms with Crippen molar-refractivity contribution >= 4 is 34.8 Å². The molecule has 0 bridgehead atoms. The van der Waals surface area contributed by atoms with E-state index in [9.17, 15) is 9.18 Å². The van der Waals surface area contributed by atoms with Crippen LogP contribution in [0.5, 0.6) is 0 Å². The summed E-state index contributed by atoms with van der Waals surface area (Å²) in [6, 6.07) is 5.22. The number of nitrogen functional groups attached to an aromatic ring is 1. The SMILES string of the molecule is Nc1cnc(Nc2ccc(Cl)cc2F)c(C(=O)O)c1. The van der Waals surface area contributed by atoms with Crippen molar-refractivity contribution in [2.45, 2.75) is 0 Å². The number of hydrogen-bond acceptors (Lipinski definition) is 4. The van der Waals surface area contributed by atoms with Crippen LogP contribution in [0.15, 0.2) is 30.5 Å². The summed E-state index contributed by atoms with van der Waals surface area (Å²) in [4.78, 5) is 14.9. The Hall–Kier alpha value is -2.34. The smallest absolute Gasteiger partial charge is 0.339 e. The van der Waals surface area contributed by atoms with E-state index in [0.717, 1.165) is 6.07 Å². The van der Waals surface area contributed by atoms with Crippen LogP contribution in [0.1, 0.15) is 10.4 Å². The molecule has 5 nitrogen and oxygen atoms in total. The molecule has 0 fully saturated rings. The van der Waals surface area contributed by atoms with E-state index >= 15 is 0 Å². The molecule has 0 spiro atoms. The van der Waals surface area contributed by atoms with Crippen molar-refractivity contribution < 1.29 is 14.3 Å². The third-order valence-electron chi connectivity index (χ3n) is 2.32. The summed E-state index contributed by atoms with van der Waals surface area (Å²) in [6.07, 6.45) is 1.28. The van der Waals surface area contributed by atoms with Gasteiger partial charge in [0, 0.05) is 5.02 Å². The van der Waals surface area contributed by atoms with Crippen LogP contribution in [-0.4, -0.2) is 16.1 Å². The van der Waals surface area contributed by atoms with Crippen molar-refractivity contribution in [1.82, 2.24) is 4.98 Å². The van der Waals surface area contributed by atoms with Crippen molar-refractivity contribution in [2.75, 3.05) is 11.1 Å². The number of aromatic carboxylic acids is 1. The third kappa shape index (κ3) is 2.92. The molecule has 19 heavy (non-hydrogen) atoms. The molecule has 98 valence electrons. The standard InChI is InChI=1S/C12H9ClFN3O2/c13-6-1-2-10(9(14)3-6)17-11-8(12(18)19)4-7(15)5-16-11/h1-5H,15H2,(H,16,17)(H,18,19). The van der Waals surface area contributed by atoms with Crippen LogP contribution in [0, 0.1) is 5.82 Å². The van der Waals surface area contributed by atoms with Gasteiger partial charge in [0.05, 0.1) is 17.6 Å². The maximum Gasteiger partial charge on any atom is 0.339 e.